The highest BCUT2D eigenvalue weighted by atomic mass is 16.5. The van der Waals surface area contributed by atoms with Crippen LogP contribution in [0.25, 0.3) is 0 Å². The van der Waals surface area contributed by atoms with Crippen LogP contribution in [0.1, 0.15) is 5.56 Å². The van der Waals surface area contributed by atoms with E-state index in [0.29, 0.717) is 13.2 Å². The number of nitrogens with zero attached hydrogens (tertiary/aromatic N) is 1. The van der Waals surface area contributed by atoms with Crippen molar-refractivity contribution in [2.24, 2.45) is 0 Å². The van der Waals surface area contributed by atoms with Gasteiger partial charge in [-0.1, -0.05) is 18.2 Å². The number of ether oxygens (including phenoxy) is 1. The zero-order chi connectivity index (χ0) is 9.52. The van der Waals surface area contributed by atoms with Gasteiger partial charge in [0.2, 0.25) is 0 Å². The molecule has 0 fully saturated rings. The molecular formula is C10H12N2O. The fraction of sp³-hybridized carbons (Fsp3) is 0.300. The Bertz CT molecular complexity index is 304. The minimum absolute atomic E-state index is 0.320. The fourth-order valence-electron chi connectivity index (χ4n) is 1.11. The van der Waals surface area contributed by atoms with E-state index in [1.807, 2.05) is 30.3 Å². The number of nitrogens with one attached hydrogen (secondary N) is 1. The van der Waals surface area contributed by atoms with Crippen LogP contribution < -0.4 is 5.32 Å². The fourth-order valence-corrected chi connectivity index (χ4v) is 1.11. The Balaban J connectivity index is 2.73. The van der Waals surface area contributed by atoms with Crippen LogP contribution in [-0.2, 0) is 11.3 Å². The molecule has 0 saturated carbocycles. The first kappa shape index (κ1) is 9.56. The molecule has 0 heterocycles. The van der Waals surface area contributed by atoms with Gasteiger partial charge < -0.3 is 10.1 Å². The van der Waals surface area contributed by atoms with Crippen molar-refractivity contribution in [2.45, 2.75) is 6.61 Å². The Hall–Kier alpha value is -1.53. The van der Waals surface area contributed by atoms with Gasteiger partial charge in [-0.05, 0) is 6.07 Å². The van der Waals surface area contributed by atoms with Crippen LogP contribution in [0.3, 0.4) is 0 Å². The highest BCUT2D eigenvalue weighted by molar-refractivity contribution is 5.51. The van der Waals surface area contributed by atoms with E-state index in [0.717, 1.165) is 11.3 Å². The average Bonchev–Trinajstić information content (AvgIpc) is 2.17. The van der Waals surface area contributed by atoms with Gasteiger partial charge >= 0.3 is 0 Å². The third-order valence-electron chi connectivity index (χ3n) is 1.68. The number of methoxy groups -OCH3 is 1. The lowest BCUT2D eigenvalue weighted by atomic mass is 10.2. The van der Waals surface area contributed by atoms with Crippen LogP contribution in [0.2, 0.25) is 0 Å². The Morgan fingerprint density at radius 2 is 2.23 bits per heavy atom. The molecule has 0 aromatic heterocycles. The summed E-state index contributed by atoms with van der Waals surface area (Å²) >= 11 is 0. The van der Waals surface area contributed by atoms with Crippen LogP contribution in [0.4, 0.5) is 5.69 Å². The van der Waals surface area contributed by atoms with E-state index >= 15 is 0 Å². The van der Waals surface area contributed by atoms with Crippen molar-refractivity contribution in [2.75, 3.05) is 19.0 Å². The first-order valence-corrected chi connectivity index (χ1v) is 4.06. The molecule has 0 radical (unpaired) electrons. The van der Waals surface area contributed by atoms with E-state index in [1.54, 1.807) is 7.11 Å². The van der Waals surface area contributed by atoms with Crippen LogP contribution in [0, 0.1) is 11.3 Å². The van der Waals surface area contributed by atoms with Crippen LogP contribution in [0.5, 0.6) is 0 Å². The molecule has 0 amide bonds. The summed E-state index contributed by atoms with van der Waals surface area (Å²) in [7, 11) is 1.65. The van der Waals surface area contributed by atoms with E-state index in [2.05, 4.69) is 5.32 Å². The number of para-hydroxylation sites is 1. The zero-order valence-corrected chi connectivity index (χ0v) is 7.58. The SMILES string of the molecule is COCc1ccccc1NCC#N. The maximum absolute atomic E-state index is 8.40. The number of hydrogen-bond acceptors (Lipinski definition) is 3. The Labute approximate surface area is 77.9 Å². The van der Waals surface area contributed by atoms with Gasteiger partial charge in [0.25, 0.3) is 0 Å². The number of anilines is 1. The lowest BCUT2D eigenvalue weighted by molar-refractivity contribution is 0.185. The molecule has 0 saturated heterocycles. The molecule has 0 spiro atoms. The summed E-state index contributed by atoms with van der Waals surface area (Å²) in [5, 5.41) is 11.4. The Kier molecular flexibility index (Phi) is 3.80. The van der Waals surface area contributed by atoms with Crippen LogP contribution in [0.15, 0.2) is 24.3 Å². The predicted octanol–water partition coefficient (Wildman–Crippen LogP) is 1.77. The third kappa shape index (κ3) is 2.77. The van der Waals surface area contributed by atoms with Gasteiger partial charge in [0.15, 0.2) is 0 Å². The van der Waals surface area contributed by atoms with Crippen molar-refractivity contribution < 1.29 is 4.74 Å². The maximum atomic E-state index is 8.40. The van der Waals surface area contributed by atoms with Crippen molar-refractivity contribution in [3.63, 3.8) is 0 Å². The first-order valence-electron chi connectivity index (χ1n) is 4.06. The molecule has 0 aliphatic rings. The third-order valence-corrected chi connectivity index (χ3v) is 1.68. The summed E-state index contributed by atoms with van der Waals surface area (Å²) in [6.07, 6.45) is 0. The quantitative estimate of drug-likeness (QED) is 0.711. The maximum Gasteiger partial charge on any atom is 0.103 e. The van der Waals surface area contributed by atoms with E-state index < -0.39 is 0 Å². The smallest absolute Gasteiger partial charge is 0.103 e. The molecule has 1 aromatic carbocycles. The normalized spacial score (nSPS) is 9.23. The highest BCUT2D eigenvalue weighted by Gasteiger charge is 1.98. The Morgan fingerprint density at radius 3 is 2.92 bits per heavy atom. The number of benzene rings is 1. The second kappa shape index (κ2) is 5.18. The minimum atomic E-state index is 0.320. The molecule has 0 bridgehead atoms. The first-order chi connectivity index (χ1) is 6.38. The molecule has 0 atom stereocenters. The van der Waals surface area contributed by atoms with E-state index in [-0.39, 0.29) is 0 Å². The molecule has 1 rings (SSSR count). The second-order valence-electron chi connectivity index (χ2n) is 2.60. The summed E-state index contributed by atoms with van der Waals surface area (Å²) in [5.41, 5.74) is 2.03. The topological polar surface area (TPSA) is 45.0 Å². The van der Waals surface area contributed by atoms with Gasteiger partial charge in [0.05, 0.1) is 12.7 Å². The number of rotatable bonds is 4. The van der Waals surface area contributed by atoms with Crippen LogP contribution >= 0.6 is 0 Å². The van der Waals surface area contributed by atoms with Gasteiger partial charge in [-0.25, -0.2) is 0 Å². The molecule has 13 heavy (non-hydrogen) atoms. The second-order valence-corrected chi connectivity index (χ2v) is 2.60. The monoisotopic (exact) mass is 176 g/mol. The molecule has 68 valence electrons. The lowest BCUT2D eigenvalue weighted by Crippen LogP contribution is -2.02. The molecule has 3 nitrogen and oxygen atoms in total. The highest BCUT2D eigenvalue weighted by Crippen LogP contribution is 2.14. The van der Waals surface area contributed by atoms with E-state index in [4.69, 9.17) is 10.00 Å². The van der Waals surface area contributed by atoms with Crippen LogP contribution in [-0.4, -0.2) is 13.7 Å². The number of hydrogen-bond donors (Lipinski definition) is 1. The van der Waals surface area contributed by atoms with Gasteiger partial charge in [0.1, 0.15) is 6.54 Å². The van der Waals surface area contributed by atoms with Gasteiger partial charge in [-0.3, -0.25) is 0 Å². The molecule has 0 unspecified atom stereocenters. The van der Waals surface area contributed by atoms with E-state index in [9.17, 15) is 0 Å². The van der Waals surface area contributed by atoms with Crippen molar-refractivity contribution in [3.8, 4) is 6.07 Å². The molecular weight excluding hydrogens is 164 g/mol. The molecule has 0 aliphatic heterocycles. The molecule has 1 aromatic rings. The summed E-state index contributed by atoms with van der Waals surface area (Å²) in [4.78, 5) is 0. The average molecular weight is 176 g/mol. The van der Waals surface area contributed by atoms with E-state index in [1.165, 1.54) is 0 Å². The molecule has 0 aliphatic carbocycles. The minimum Gasteiger partial charge on any atom is -0.380 e. The number of nitriles is 1. The van der Waals surface area contributed by atoms with Gasteiger partial charge in [-0.2, -0.15) is 5.26 Å². The zero-order valence-electron chi connectivity index (χ0n) is 7.58. The lowest BCUT2D eigenvalue weighted by Gasteiger charge is -2.08. The van der Waals surface area contributed by atoms with Crippen molar-refractivity contribution in [3.05, 3.63) is 29.8 Å². The Morgan fingerprint density at radius 1 is 1.46 bits per heavy atom. The summed E-state index contributed by atoms with van der Waals surface area (Å²) < 4.78 is 5.03. The van der Waals surface area contributed by atoms with Crippen molar-refractivity contribution in [1.29, 1.82) is 5.26 Å². The van der Waals surface area contributed by atoms with Gasteiger partial charge in [-0.15, -0.1) is 0 Å². The standard InChI is InChI=1S/C10H12N2O/c1-13-8-9-4-2-3-5-10(9)12-7-6-11/h2-5,12H,7-8H2,1H3. The summed E-state index contributed by atoms with van der Waals surface area (Å²) in [6, 6.07) is 9.82. The largest absolute Gasteiger partial charge is 0.380 e. The predicted molar refractivity (Wildman–Crippen MR) is 51.3 cm³/mol. The molecule has 1 N–H and O–H groups in total. The van der Waals surface area contributed by atoms with Gasteiger partial charge in [0, 0.05) is 18.4 Å². The van der Waals surface area contributed by atoms with Crippen molar-refractivity contribution >= 4 is 5.69 Å². The summed E-state index contributed by atoms with van der Waals surface area (Å²) in [5.74, 6) is 0. The summed E-state index contributed by atoms with van der Waals surface area (Å²) in [6.45, 7) is 0.884. The molecule has 3 heteroatoms. The van der Waals surface area contributed by atoms with Crippen molar-refractivity contribution in [1.82, 2.24) is 0 Å².